The molecule has 1 aliphatic rings. The molecule has 1 saturated heterocycles. The van der Waals surface area contributed by atoms with Crippen LogP contribution in [0.4, 0.5) is 0 Å². The van der Waals surface area contributed by atoms with E-state index in [1.54, 1.807) is 0 Å². The number of aryl methyl sites for hydroxylation is 1. The van der Waals surface area contributed by atoms with Crippen LogP contribution in [0.1, 0.15) is 32.6 Å². The molecule has 1 aromatic heterocycles. The summed E-state index contributed by atoms with van der Waals surface area (Å²) >= 11 is 0. The first-order chi connectivity index (χ1) is 12.3. The zero-order valence-corrected chi connectivity index (χ0v) is 15.0. The number of carbonyl (C=O) groups excluding carboxylic acids is 3. The molecule has 27 heavy (non-hydrogen) atoms. The SMILES string of the molecule is CC(=O)C(O)[C@H]1O[C@@H](n2cc(C)c(=O)[nH]c2=O)[C@@](O)(C(C)=O)[C@]1(O)C(C)=O. The highest BCUT2D eigenvalue weighted by Gasteiger charge is 2.73. The lowest BCUT2D eigenvalue weighted by atomic mass is 9.73. The van der Waals surface area contributed by atoms with Gasteiger partial charge in [0.1, 0.15) is 12.2 Å². The van der Waals surface area contributed by atoms with Gasteiger partial charge in [0, 0.05) is 11.8 Å². The average molecular weight is 384 g/mol. The number of ketones is 3. The first-order valence-electron chi connectivity index (χ1n) is 7.93. The molecule has 0 bridgehead atoms. The van der Waals surface area contributed by atoms with Crippen molar-refractivity contribution in [1.29, 1.82) is 0 Å². The summed E-state index contributed by atoms with van der Waals surface area (Å²) in [6.07, 6.45) is -5.14. The van der Waals surface area contributed by atoms with Crippen LogP contribution < -0.4 is 11.2 Å². The highest BCUT2D eigenvalue weighted by atomic mass is 16.6. The van der Waals surface area contributed by atoms with Gasteiger partial charge in [-0.1, -0.05) is 0 Å². The van der Waals surface area contributed by atoms with Crippen molar-refractivity contribution in [2.75, 3.05) is 0 Å². The Kier molecular flexibility index (Phi) is 5.10. The van der Waals surface area contributed by atoms with Crippen LogP contribution in [-0.2, 0) is 19.1 Å². The van der Waals surface area contributed by atoms with Gasteiger partial charge in [-0.05, 0) is 27.7 Å². The van der Waals surface area contributed by atoms with Crippen molar-refractivity contribution in [2.24, 2.45) is 0 Å². The van der Waals surface area contributed by atoms with Crippen LogP contribution in [0.25, 0.3) is 0 Å². The van der Waals surface area contributed by atoms with Crippen LogP contribution in [0.5, 0.6) is 0 Å². The van der Waals surface area contributed by atoms with Gasteiger partial charge in [-0.25, -0.2) is 4.79 Å². The largest absolute Gasteiger partial charge is 0.382 e. The number of nitrogens with one attached hydrogen (secondary N) is 1. The van der Waals surface area contributed by atoms with Crippen molar-refractivity contribution in [3.8, 4) is 0 Å². The van der Waals surface area contributed by atoms with Crippen molar-refractivity contribution in [2.45, 2.75) is 57.3 Å². The summed E-state index contributed by atoms with van der Waals surface area (Å²) in [6, 6.07) is 0. The highest BCUT2D eigenvalue weighted by Crippen LogP contribution is 2.47. The molecule has 0 spiro atoms. The van der Waals surface area contributed by atoms with Gasteiger partial charge in [-0.3, -0.25) is 28.7 Å². The first kappa shape index (κ1) is 20.8. The normalized spacial score (nSPS) is 31.5. The van der Waals surface area contributed by atoms with Gasteiger partial charge in [-0.15, -0.1) is 0 Å². The van der Waals surface area contributed by atoms with E-state index in [1.165, 1.54) is 6.92 Å². The number of ether oxygens (including phenoxy) is 1. The second-order valence-corrected chi connectivity index (χ2v) is 6.59. The summed E-state index contributed by atoms with van der Waals surface area (Å²) in [4.78, 5) is 61.8. The molecule has 148 valence electrons. The third-order valence-electron chi connectivity index (χ3n) is 4.80. The monoisotopic (exact) mass is 384 g/mol. The number of hydrogen-bond donors (Lipinski definition) is 4. The summed E-state index contributed by atoms with van der Waals surface area (Å²) < 4.78 is 5.94. The first-order valence-corrected chi connectivity index (χ1v) is 7.93. The van der Waals surface area contributed by atoms with Crippen molar-refractivity contribution < 1.29 is 34.4 Å². The molecule has 1 aliphatic heterocycles. The fraction of sp³-hybridized carbons (Fsp3) is 0.562. The number of hydrogen-bond acceptors (Lipinski definition) is 9. The summed E-state index contributed by atoms with van der Waals surface area (Å²) in [5.74, 6) is -3.22. The fourth-order valence-electron chi connectivity index (χ4n) is 3.20. The molecule has 11 nitrogen and oxygen atoms in total. The third kappa shape index (κ3) is 2.79. The van der Waals surface area contributed by atoms with Gasteiger partial charge in [0.15, 0.2) is 29.2 Å². The Balaban J connectivity index is 2.83. The quantitative estimate of drug-likeness (QED) is 0.422. The lowest BCUT2D eigenvalue weighted by Gasteiger charge is -2.37. The Morgan fingerprint density at radius 2 is 1.67 bits per heavy atom. The summed E-state index contributed by atoms with van der Waals surface area (Å²) in [7, 11) is 0. The smallest absolute Gasteiger partial charge is 0.330 e. The molecule has 2 rings (SSSR count). The number of H-pyrrole nitrogens is 1. The molecule has 5 atom stereocenters. The maximum atomic E-state index is 12.3. The van der Waals surface area contributed by atoms with E-state index in [0.29, 0.717) is 4.57 Å². The number of Topliss-reactive ketones (excluding diaryl/α,β-unsaturated/α-hetero) is 3. The maximum Gasteiger partial charge on any atom is 0.330 e. The van der Waals surface area contributed by atoms with E-state index >= 15 is 0 Å². The molecule has 1 unspecified atom stereocenters. The lowest BCUT2D eigenvalue weighted by Crippen LogP contribution is -2.68. The van der Waals surface area contributed by atoms with Gasteiger partial charge >= 0.3 is 5.69 Å². The number of aromatic nitrogens is 2. The predicted molar refractivity (Wildman–Crippen MR) is 87.9 cm³/mol. The van der Waals surface area contributed by atoms with Crippen molar-refractivity contribution in [3.05, 3.63) is 32.6 Å². The van der Waals surface area contributed by atoms with Crippen molar-refractivity contribution >= 4 is 17.3 Å². The fourth-order valence-corrected chi connectivity index (χ4v) is 3.20. The molecule has 2 heterocycles. The van der Waals surface area contributed by atoms with Gasteiger partial charge in [-0.2, -0.15) is 0 Å². The molecular formula is C16H20N2O9. The number of rotatable bonds is 5. The van der Waals surface area contributed by atoms with Gasteiger partial charge < -0.3 is 20.1 Å². The Morgan fingerprint density at radius 3 is 2.11 bits per heavy atom. The number of carbonyl (C=O) groups is 3. The van der Waals surface area contributed by atoms with Crippen molar-refractivity contribution in [3.63, 3.8) is 0 Å². The molecule has 1 aromatic rings. The topological polar surface area (TPSA) is 176 Å². The van der Waals surface area contributed by atoms with Crippen LogP contribution >= 0.6 is 0 Å². The number of aromatic amines is 1. The minimum Gasteiger partial charge on any atom is -0.382 e. The Morgan fingerprint density at radius 1 is 1.15 bits per heavy atom. The molecule has 1 fully saturated rings. The molecule has 0 radical (unpaired) electrons. The van der Waals surface area contributed by atoms with Crippen molar-refractivity contribution in [1.82, 2.24) is 9.55 Å². The molecule has 11 heteroatoms. The number of aliphatic hydroxyl groups excluding tert-OH is 1. The second kappa shape index (κ2) is 6.60. The van der Waals surface area contributed by atoms with E-state index < -0.39 is 58.2 Å². The molecule has 0 aromatic carbocycles. The van der Waals surface area contributed by atoms with E-state index in [2.05, 4.69) is 0 Å². The summed E-state index contributed by atoms with van der Waals surface area (Å²) in [6.45, 7) is 3.96. The molecular weight excluding hydrogens is 364 g/mol. The lowest BCUT2D eigenvalue weighted by molar-refractivity contribution is -0.184. The minimum atomic E-state index is -3.03. The number of nitrogens with zero attached hydrogens (tertiary/aromatic N) is 1. The highest BCUT2D eigenvalue weighted by molar-refractivity contribution is 5.99. The van der Waals surface area contributed by atoms with Crippen LogP contribution in [0.3, 0.4) is 0 Å². The summed E-state index contributed by atoms with van der Waals surface area (Å²) in [5.41, 5.74) is -7.88. The Labute approximate surface area is 152 Å². The van der Waals surface area contributed by atoms with E-state index in [1.807, 2.05) is 4.98 Å². The predicted octanol–water partition coefficient (Wildman–Crippen LogP) is -2.67. The van der Waals surface area contributed by atoms with E-state index in [-0.39, 0.29) is 5.56 Å². The minimum absolute atomic E-state index is 0.00559. The maximum absolute atomic E-state index is 12.3. The molecule has 4 N–H and O–H groups in total. The average Bonchev–Trinajstić information content (AvgIpc) is 2.81. The van der Waals surface area contributed by atoms with E-state index in [9.17, 15) is 39.3 Å². The summed E-state index contributed by atoms with van der Waals surface area (Å²) in [5, 5.41) is 32.1. The Hall–Kier alpha value is -2.47. The molecule has 0 saturated carbocycles. The zero-order valence-electron chi connectivity index (χ0n) is 15.0. The zero-order chi connectivity index (χ0) is 20.9. The number of aliphatic hydroxyl groups is 3. The van der Waals surface area contributed by atoms with Crippen LogP contribution in [0.2, 0.25) is 0 Å². The van der Waals surface area contributed by atoms with Crippen LogP contribution in [0, 0.1) is 6.92 Å². The third-order valence-corrected chi connectivity index (χ3v) is 4.80. The molecule has 0 aliphatic carbocycles. The van der Waals surface area contributed by atoms with E-state index in [4.69, 9.17) is 4.74 Å². The van der Waals surface area contributed by atoms with Gasteiger partial charge in [0.2, 0.25) is 5.60 Å². The standard InChI is InChI=1S/C16H20N2O9/c1-6-5-18(14(24)17-12(6)23)13-16(26,9(4)21)15(25,8(3)20)11(27-13)10(22)7(2)19/h5,10-11,13,22,25-26H,1-4H3,(H,17,23,24)/t10?,11-,13-,15+,16+/m1/s1. The van der Waals surface area contributed by atoms with Gasteiger partial charge in [0.25, 0.3) is 5.56 Å². The van der Waals surface area contributed by atoms with Gasteiger partial charge in [0.05, 0.1) is 0 Å². The molecule has 0 amide bonds. The second-order valence-electron chi connectivity index (χ2n) is 6.59. The van der Waals surface area contributed by atoms with Crippen LogP contribution in [0.15, 0.2) is 15.8 Å². The van der Waals surface area contributed by atoms with E-state index in [0.717, 1.165) is 27.0 Å². The Bertz CT molecular complexity index is 933. The van der Waals surface area contributed by atoms with Crippen LogP contribution in [-0.4, -0.2) is 65.6 Å².